The number of rotatable bonds is 5. The van der Waals surface area contributed by atoms with Crippen molar-refractivity contribution in [3.8, 4) is 55.9 Å². The van der Waals surface area contributed by atoms with Crippen molar-refractivity contribution >= 4 is 43.6 Å². The number of nitrogens with zero attached hydrogens (tertiary/aromatic N) is 2. The van der Waals surface area contributed by atoms with E-state index < -0.39 is 0 Å². The Morgan fingerprint density at radius 3 is 1.14 bits per heavy atom. The Balaban J connectivity index is 1.05. The molecule has 2 aromatic heterocycles. The van der Waals surface area contributed by atoms with Crippen LogP contribution >= 0.6 is 0 Å². The van der Waals surface area contributed by atoms with E-state index in [2.05, 4.69) is 229 Å². The van der Waals surface area contributed by atoms with Crippen molar-refractivity contribution in [2.24, 2.45) is 0 Å². The van der Waals surface area contributed by atoms with Crippen LogP contribution in [0.25, 0.3) is 99.5 Å². The van der Waals surface area contributed by atoms with Crippen LogP contribution in [0.5, 0.6) is 0 Å². The molecule has 1 aliphatic rings. The molecule has 1 aliphatic carbocycles. The molecule has 0 saturated heterocycles. The zero-order valence-electron chi connectivity index (χ0n) is 33.0. The summed E-state index contributed by atoms with van der Waals surface area (Å²) >= 11 is 0. The van der Waals surface area contributed by atoms with Gasteiger partial charge in [-0.1, -0.05) is 147 Å². The van der Waals surface area contributed by atoms with E-state index in [1.54, 1.807) is 0 Å². The molecule has 0 bridgehead atoms. The van der Waals surface area contributed by atoms with Gasteiger partial charge in [-0.15, -0.1) is 0 Å². The van der Waals surface area contributed by atoms with Gasteiger partial charge < -0.3 is 9.13 Å². The summed E-state index contributed by atoms with van der Waals surface area (Å²) in [6.07, 6.45) is 0. The molecule has 278 valence electrons. The minimum absolute atomic E-state index is 0.0995. The lowest BCUT2D eigenvalue weighted by atomic mass is 9.82. The zero-order chi connectivity index (χ0) is 39.2. The maximum Gasteiger partial charge on any atom is 0.0544 e. The first-order valence-corrected chi connectivity index (χ1v) is 20.6. The second-order valence-corrected chi connectivity index (χ2v) is 16.6. The first kappa shape index (κ1) is 33.7. The van der Waals surface area contributed by atoms with Gasteiger partial charge in [0, 0.05) is 38.3 Å². The van der Waals surface area contributed by atoms with Crippen LogP contribution < -0.4 is 0 Å². The van der Waals surface area contributed by atoms with Gasteiger partial charge in [-0.3, -0.25) is 0 Å². The van der Waals surface area contributed by atoms with Crippen molar-refractivity contribution in [3.05, 3.63) is 217 Å². The summed E-state index contributed by atoms with van der Waals surface area (Å²) in [6.45, 7) is 4.74. The van der Waals surface area contributed by atoms with Gasteiger partial charge in [0.1, 0.15) is 0 Å². The molecule has 2 nitrogen and oxygen atoms in total. The maximum atomic E-state index is 2.48. The van der Waals surface area contributed by atoms with Crippen LogP contribution in [0.4, 0.5) is 0 Å². The molecule has 0 atom stereocenters. The third-order valence-electron chi connectivity index (χ3n) is 12.9. The fourth-order valence-electron chi connectivity index (χ4n) is 9.97. The summed E-state index contributed by atoms with van der Waals surface area (Å²) in [7, 11) is 0. The predicted molar refractivity (Wildman–Crippen MR) is 249 cm³/mol. The predicted octanol–water partition coefficient (Wildman–Crippen LogP) is 15.2. The molecule has 0 N–H and O–H groups in total. The van der Waals surface area contributed by atoms with Crippen LogP contribution in [0.1, 0.15) is 25.0 Å². The van der Waals surface area contributed by atoms with E-state index in [-0.39, 0.29) is 5.41 Å². The number of hydrogen-bond acceptors (Lipinski definition) is 0. The van der Waals surface area contributed by atoms with Crippen molar-refractivity contribution in [1.29, 1.82) is 0 Å². The smallest absolute Gasteiger partial charge is 0.0544 e. The van der Waals surface area contributed by atoms with Gasteiger partial charge in [-0.2, -0.15) is 0 Å². The number of hydrogen-bond donors (Lipinski definition) is 0. The average molecular weight is 753 g/mol. The summed E-state index contributed by atoms with van der Waals surface area (Å²) in [5.41, 5.74) is 19.8. The van der Waals surface area contributed by atoms with Crippen molar-refractivity contribution < 1.29 is 0 Å². The lowest BCUT2D eigenvalue weighted by Gasteiger charge is -2.21. The van der Waals surface area contributed by atoms with E-state index in [1.165, 1.54) is 99.2 Å². The van der Waals surface area contributed by atoms with Crippen molar-refractivity contribution in [1.82, 2.24) is 9.13 Å². The maximum absolute atomic E-state index is 2.48. The Morgan fingerprint density at radius 1 is 0.288 bits per heavy atom. The molecule has 12 rings (SSSR count). The van der Waals surface area contributed by atoms with Gasteiger partial charge in [0.05, 0.1) is 22.1 Å². The van der Waals surface area contributed by atoms with Gasteiger partial charge in [-0.05, 0) is 128 Å². The van der Waals surface area contributed by atoms with E-state index >= 15 is 0 Å². The number of fused-ring (bicyclic) bond motifs is 9. The Hall–Kier alpha value is -7.42. The molecule has 2 heteroatoms. The highest BCUT2D eigenvalue weighted by atomic mass is 15.0. The van der Waals surface area contributed by atoms with E-state index in [0.717, 1.165) is 11.4 Å². The van der Waals surface area contributed by atoms with E-state index in [4.69, 9.17) is 0 Å². The normalized spacial score (nSPS) is 13.1. The van der Waals surface area contributed by atoms with Crippen molar-refractivity contribution in [2.75, 3.05) is 0 Å². The van der Waals surface area contributed by atoms with Gasteiger partial charge in [0.15, 0.2) is 0 Å². The SMILES string of the molecule is CC1(C)c2ccccc2-c2cc3c4cc(-c5ccccc5)ccc4n(-c4ccc(-n5c6ccc(-c7ccccc7)cc6c6cc(-c7ccccc7)ccc65)cc4)c3cc21. The van der Waals surface area contributed by atoms with Gasteiger partial charge in [-0.25, -0.2) is 0 Å². The summed E-state index contributed by atoms with van der Waals surface area (Å²) in [5.74, 6) is 0. The Bertz CT molecular complexity index is 3320. The van der Waals surface area contributed by atoms with Crippen LogP contribution in [-0.4, -0.2) is 9.13 Å². The third kappa shape index (κ3) is 5.13. The zero-order valence-corrected chi connectivity index (χ0v) is 33.0. The quantitative estimate of drug-likeness (QED) is 0.166. The van der Waals surface area contributed by atoms with Crippen molar-refractivity contribution in [3.63, 3.8) is 0 Å². The molecular weight excluding hydrogens is 713 g/mol. The minimum atomic E-state index is -0.0995. The second-order valence-electron chi connectivity index (χ2n) is 16.6. The van der Waals surface area contributed by atoms with E-state index in [9.17, 15) is 0 Å². The first-order valence-electron chi connectivity index (χ1n) is 20.6. The molecule has 0 spiro atoms. The van der Waals surface area contributed by atoms with E-state index in [0.29, 0.717) is 0 Å². The fraction of sp³-hybridized carbons (Fsp3) is 0.0526. The van der Waals surface area contributed by atoms with Crippen LogP contribution in [-0.2, 0) is 5.41 Å². The van der Waals surface area contributed by atoms with Crippen LogP contribution in [0.2, 0.25) is 0 Å². The Kier molecular flexibility index (Phi) is 7.31. The van der Waals surface area contributed by atoms with Crippen molar-refractivity contribution in [2.45, 2.75) is 19.3 Å². The lowest BCUT2D eigenvalue weighted by molar-refractivity contribution is 0.661. The second kappa shape index (κ2) is 12.8. The summed E-state index contributed by atoms with van der Waals surface area (Å²) in [5, 5.41) is 5.04. The molecule has 0 amide bonds. The third-order valence-corrected chi connectivity index (χ3v) is 12.9. The monoisotopic (exact) mass is 752 g/mol. The summed E-state index contributed by atoms with van der Waals surface area (Å²) < 4.78 is 4.91. The largest absolute Gasteiger partial charge is 0.309 e. The Labute approximate surface area is 343 Å². The molecule has 2 heterocycles. The first-order chi connectivity index (χ1) is 29.0. The molecule has 9 aromatic carbocycles. The molecule has 0 unspecified atom stereocenters. The van der Waals surface area contributed by atoms with Crippen LogP contribution in [0.3, 0.4) is 0 Å². The van der Waals surface area contributed by atoms with Crippen LogP contribution in [0.15, 0.2) is 206 Å². The minimum Gasteiger partial charge on any atom is -0.309 e. The summed E-state index contributed by atoms with van der Waals surface area (Å²) in [6, 6.07) is 76.1. The fourth-order valence-corrected chi connectivity index (χ4v) is 9.97. The number of aromatic nitrogens is 2. The molecule has 0 aliphatic heterocycles. The van der Waals surface area contributed by atoms with E-state index in [1.807, 2.05) is 0 Å². The molecule has 0 fully saturated rings. The average Bonchev–Trinajstić information content (AvgIpc) is 3.88. The lowest BCUT2D eigenvalue weighted by Crippen LogP contribution is -2.14. The van der Waals surface area contributed by atoms with Gasteiger partial charge in [0.2, 0.25) is 0 Å². The molecule has 0 radical (unpaired) electrons. The number of benzene rings is 9. The highest BCUT2D eigenvalue weighted by Crippen LogP contribution is 2.51. The van der Waals surface area contributed by atoms with Crippen LogP contribution in [0, 0.1) is 0 Å². The standard InChI is InChI=1S/C57H40N2/c1-57(2)51-21-13-12-20-45(51)46-35-50-49-34-42(39-18-10-5-11-19-39)24-31-55(49)59(56(50)36-52(46)57)44-27-25-43(26-28-44)58-53-29-22-40(37-14-6-3-7-15-37)32-47(53)48-33-41(23-30-54(48)58)38-16-8-4-9-17-38/h3-36H,1-2H3. The topological polar surface area (TPSA) is 9.86 Å². The van der Waals surface area contributed by atoms with Gasteiger partial charge in [0.25, 0.3) is 0 Å². The summed E-state index contributed by atoms with van der Waals surface area (Å²) in [4.78, 5) is 0. The molecule has 11 aromatic rings. The highest BCUT2D eigenvalue weighted by Gasteiger charge is 2.36. The molecule has 59 heavy (non-hydrogen) atoms. The molecular formula is C57H40N2. The Morgan fingerprint density at radius 2 is 0.678 bits per heavy atom. The molecule has 0 saturated carbocycles. The highest BCUT2D eigenvalue weighted by molar-refractivity contribution is 6.13. The van der Waals surface area contributed by atoms with Gasteiger partial charge >= 0.3 is 0 Å².